The first-order valence-electron chi connectivity index (χ1n) is 5.60. The van der Waals surface area contributed by atoms with E-state index in [2.05, 4.69) is 15.8 Å². The van der Waals surface area contributed by atoms with E-state index in [-0.39, 0.29) is 12.4 Å². The summed E-state index contributed by atoms with van der Waals surface area (Å²) in [5.41, 5.74) is 6.26. The number of oxime groups is 1. The topological polar surface area (TPSA) is 117 Å². The van der Waals surface area contributed by atoms with Crippen LogP contribution in [0.25, 0.3) is 0 Å². The molecule has 0 aliphatic rings. The number of benzene rings is 1. The summed E-state index contributed by atoms with van der Waals surface area (Å²) in [6.07, 6.45) is 0. The Morgan fingerprint density at radius 3 is 2.53 bits per heavy atom. The molecule has 2 amide bonds. The maximum Gasteiger partial charge on any atom is 0.250 e. The van der Waals surface area contributed by atoms with Crippen LogP contribution in [0, 0.1) is 0 Å². The average molecular weight is 264 g/mol. The lowest BCUT2D eigenvalue weighted by Gasteiger charge is -2.16. The normalized spacial score (nSPS) is 12.6. The fraction of sp³-hybridized carbons (Fsp3) is 0.250. The molecule has 0 bridgehead atoms. The minimum Gasteiger partial charge on any atom is -0.409 e. The first-order valence-corrected chi connectivity index (χ1v) is 5.60. The first kappa shape index (κ1) is 14.5. The van der Waals surface area contributed by atoms with Crippen molar-refractivity contribution in [2.75, 3.05) is 0 Å². The predicted octanol–water partition coefficient (Wildman–Crippen LogP) is -0.446. The molecule has 1 rings (SSSR count). The van der Waals surface area contributed by atoms with Crippen LogP contribution in [0.2, 0.25) is 0 Å². The SMILES string of the molecule is CC(=O)NC(C(=O)NCc1ccccc1)/C(N)=N\O. The number of hydrogen-bond acceptors (Lipinski definition) is 4. The van der Waals surface area contributed by atoms with Gasteiger partial charge in [-0.2, -0.15) is 0 Å². The van der Waals surface area contributed by atoms with Gasteiger partial charge in [-0.15, -0.1) is 0 Å². The van der Waals surface area contributed by atoms with Gasteiger partial charge in [0.25, 0.3) is 5.91 Å². The third-order valence-corrected chi connectivity index (χ3v) is 2.33. The molecule has 7 heteroatoms. The lowest BCUT2D eigenvalue weighted by molar-refractivity contribution is -0.126. The molecule has 5 N–H and O–H groups in total. The van der Waals surface area contributed by atoms with Crippen LogP contribution in [0.1, 0.15) is 12.5 Å². The second-order valence-corrected chi connectivity index (χ2v) is 3.86. The van der Waals surface area contributed by atoms with Crippen molar-refractivity contribution in [3.05, 3.63) is 35.9 Å². The zero-order valence-electron chi connectivity index (χ0n) is 10.5. The van der Waals surface area contributed by atoms with E-state index in [0.29, 0.717) is 0 Å². The predicted molar refractivity (Wildman–Crippen MR) is 69.3 cm³/mol. The summed E-state index contributed by atoms with van der Waals surface area (Å²) >= 11 is 0. The molecule has 0 heterocycles. The second-order valence-electron chi connectivity index (χ2n) is 3.86. The lowest BCUT2D eigenvalue weighted by Crippen LogP contribution is -2.53. The Morgan fingerprint density at radius 1 is 1.37 bits per heavy atom. The van der Waals surface area contributed by atoms with Crippen molar-refractivity contribution in [3.8, 4) is 0 Å². The third kappa shape index (κ3) is 4.66. The zero-order chi connectivity index (χ0) is 14.3. The van der Waals surface area contributed by atoms with Gasteiger partial charge in [0.2, 0.25) is 5.91 Å². The number of carbonyl (C=O) groups excluding carboxylic acids is 2. The minimum absolute atomic E-state index is 0.286. The van der Waals surface area contributed by atoms with Crippen LogP contribution in [0.15, 0.2) is 35.5 Å². The largest absolute Gasteiger partial charge is 0.409 e. The van der Waals surface area contributed by atoms with Gasteiger partial charge in [-0.1, -0.05) is 35.5 Å². The highest BCUT2D eigenvalue weighted by molar-refractivity contribution is 6.08. The Balaban J connectivity index is 2.64. The monoisotopic (exact) mass is 264 g/mol. The molecule has 0 saturated carbocycles. The number of amidine groups is 1. The standard InChI is InChI=1S/C12H16N4O3/c1-8(17)15-10(11(13)16-19)12(18)14-7-9-5-3-2-4-6-9/h2-6,10,19H,7H2,1H3,(H2,13,16)(H,14,18)(H,15,17). The Bertz CT molecular complexity index is 473. The maximum atomic E-state index is 11.9. The smallest absolute Gasteiger partial charge is 0.250 e. The van der Waals surface area contributed by atoms with Gasteiger partial charge in [-0.3, -0.25) is 9.59 Å². The number of nitrogens with one attached hydrogen (secondary N) is 2. The van der Waals surface area contributed by atoms with Gasteiger partial charge in [0.15, 0.2) is 11.9 Å². The number of nitrogens with zero attached hydrogens (tertiary/aromatic N) is 1. The van der Waals surface area contributed by atoms with Crippen molar-refractivity contribution in [3.63, 3.8) is 0 Å². The Kier molecular flexibility index (Phi) is 5.34. The number of nitrogens with two attached hydrogens (primary N) is 1. The number of amides is 2. The molecule has 0 radical (unpaired) electrons. The van der Waals surface area contributed by atoms with Crippen LogP contribution in [0.4, 0.5) is 0 Å². The van der Waals surface area contributed by atoms with Crippen molar-refractivity contribution in [2.24, 2.45) is 10.9 Å². The molecule has 7 nitrogen and oxygen atoms in total. The molecule has 0 fully saturated rings. The van der Waals surface area contributed by atoms with E-state index in [9.17, 15) is 9.59 Å². The van der Waals surface area contributed by atoms with E-state index < -0.39 is 17.9 Å². The third-order valence-electron chi connectivity index (χ3n) is 2.33. The van der Waals surface area contributed by atoms with Crippen molar-refractivity contribution in [1.82, 2.24) is 10.6 Å². The lowest BCUT2D eigenvalue weighted by atomic mass is 10.2. The Labute approximate surface area is 110 Å². The van der Waals surface area contributed by atoms with Crippen LogP contribution >= 0.6 is 0 Å². The van der Waals surface area contributed by atoms with Crippen LogP contribution in [-0.4, -0.2) is 28.9 Å². The molecule has 0 spiro atoms. The summed E-state index contributed by atoms with van der Waals surface area (Å²) in [6, 6.07) is 8.05. The highest BCUT2D eigenvalue weighted by Gasteiger charge is 2.23. The van der Waals surface area contributed by atoms with Crippen LogP contribution in [0.5, 0.6) is 0 Å². The molecular weight excluding hydrogens is 248 g/mol. The van der Waals surface area contributed by atoms with E-state index in [1.54, 1.807) is 0 Å². The van der Waals surface area contributed by atoms with E-state index in [1.807, 2.05) is 30.3 Å². The molecule has 0 aliphatic heterocycles. The first-order chi connectivity index (χ1) is 9.04. The second kappa shape index (κ2) is 7.00. The fourth-order valence-electron chi connectivity index (χ4n) is 1.42. The van der Waals surface area contributed by atoms with Gasteiger partial charge in [-0.05, 0) is 5.56 Å². The molecule has 0 aliphatic carbocycles. The molecule has 19 heavy (non-hydrogen) atoms. The van der Waals surface area contributed by atoms with Crippen LogP contribution < -0.4 is 16.4 Å². The summed E-state index contributed by atoms with van der Waals surface area (Å²) in [7, 11) is 0. The van der Waals surface area contributed by atoms with E-state index in [1.165, 1.54) is 6.92 Å². The number of carbonyl (C=O) groups is 2. The highest BCUT2D eigenvalue weighted by Crippen LogP contribution is 1.97. The summed E-state index contributed by atoms with van der Waals surface area (Å²) in [5.74, 6) is -1.37. The maximum absolute atomic E-state index is 11.9. The molecule has 0 saturated heterocycles. The Hall–Kier alpha value is -2.57. The molecule has 1 atom stereocenters. The van der Waals surface area contributed by atoms with Gasteiger partial charge in [0, 0.05) is 13.5 Å². The van der Waals surface area contributed by atoms with Gasteiger partial charge in [-0.25, -0.2) is 0 Å². The van der Waals surface area contributed by atoms with Gasteiger partial charge >= 0.3 is 0 Å². The van der Waals surface area contributed by atoms with Crippen molar-refractivity contribution in [1.29, 1.82) is 0 Å². The van der Waals surface area contributed by atoms with Crippen LogP contribution in [-0.2, 0) is 16.1 Å². The van der Waals surface area contributed by atoms with Crippen molar-refractivity contribution < 1.29 is 14.8 Å². The Morgan fingerprint density at radius 2 is 2.00 bits per heavy atom. The highest BCUT2D eigenvalue weighted by atomic mass is 16.4. The summed E-state index contributed by atoms with van der Waals surface area (Å²) < 4.78 is 0. The molecule has 0 aromatic heterocycles. The number of rotatable bonds is 5. The minimum atomic E-state index is -1.19. The van der Waals surface area contributed by atoms with Crippen molar-refractivity contribution in [2.45, 2.75) is 19.5 Å². The average Bonchev–Trinajstić information content (AvgIpc) is 2.42. The van der Waals surface area contributed by atoms with Crippen molar-refractivity contribution >= 4 is 17.6 Å². The van der Waals surface area contributed by atoms with Gasteiger partial charge in [0.05, 0.1) is 0 Å². The zero-order valence-corrected chi connectivity index (χ0v) is 10.5. The molecule has 1 unspecified atom stereocenters. The fourth-order valence-corrected chi connectivity index (χ4v) is 1.42. The van der Waals surface area contributed by atoms with Gasteiger partial charge in [0.1, 0.15) is 0 Å². The number of hydrogen-bond donors (Lipinski definition) is 4. The summed E-state index contributed by atoms with van der Waals surface area (Å²) in [4.78, 5) is 22.8. The van der Waals surface area contributed by atoms with E-state index in [4.69, 9.17) is 10.9 Å². The molecule has 102 valence electrons. The van der Waals surface area contributed by atoms with Crippen LogP contribution in [0.3, 0.4) is 0 Å². The van der Waals surface area contributed by atoms with E-state index in [0.717, 1.165) is 5.56 Å². The van der Waals surface area contributed by atoms with Gasteiger partial charge < -0.3 is 21.6 Å². The van der Waals surface area contributed by atoms with E-state index >= 15 is 0 Å². The summed E-state index contributed by atoms with van der Waals surface area (Å²) in [5, 5.41) is 16.2. The summed E-state index contributed by atoms with van der Waals surface area (Å²) in [6.45, 7) is 1.52. The quantitative estimate of drug-likeness (QED) is 0.249. The molecule has 1 aromatic carbocycles. The molecular formula is C12H16N4O3. The molecule has 1 aromatic rings.